The van der Waals surface area contributed by atoms with Crippen LogP contribution in [-0.4, -0.2) is 68.2 Å². The van der Waals surface area contributed by atoms with E-state index >= 15 is 0 Å². The van der Waals surface area contributed by atoms with E-state index < -0.39 is 0 Å². The highest BCUT2D eigenvalue weighted by molar-refractivity contribution is 5.81. The van der Waals surface area contributed by atoms with Gasteiger partial charge in [0, 0.05) is 69.8 Å². The summed E-state index contributed by atoms with van der Waals surface area (Å²) in [6.45, 7) is 2.70. The number of hydrogen-bond acceptors (Lipinski definition) is 4. The van der Waals surface area contributed by atoms with Gasteiger partial charge in [-0.3, -0.25) is 9.69 Å². The molecule has 1 N–H and O–H groups in total. The van der Waals surface area contributed by atoms with Crippen LogP contribution in [-0.2, 0) is 16.1 Å². The van der Waals surface area contributed by atoms with Crippen molar-refractivity contribution >= 4 is 16.8 Å². The van der Waals surface area contributed by atoms with Gasteiger partial charge in [-0.2, -0.15) is 0 Å². The maximum atomic E-state index is 12.1. The van der Waals surface area contributed by atoms with Gasteiger partial charge in [0.25, 0.3) is 0 Å². The second-order valence-electron chi connectivity index (χ2n) is 7.30. The molecule has 26 heavy (non-hydrogen) atoms. The number of benzene rings is 1. The summed E-state index contributed by atoms with van der Waals surface area (Å²) in [5.74, 6) is 1.26. The number of aromatic amines is 1. The average Bonchev–Trinajstić information content (AvgIpc) is 3.03. The molecule has 0 radical (unpaired) electrons. The van der Waals surface area contributed by atoms with Crippen LogP contribution in [0.1, 0.15) is 18.5 Å². The van der Waals surface area contributed by atoms with Crippen LogP contribution in [0.2, 0.25) is 0 Å². The Bertz CT molecular complexity index is 756. The van der Waals surface area contributed by atoms with E-state index in [2.05, 4.69) is 16.0 Å². The summed E-state index contributed by atoms with van der Waals surface area (Å²) in [5.41, 5.74) is 2.30. The van der Waals surface area contributed by atoms with Crippen molar-refractivity contribution in [3.8, 4) is 5.75 Å². The molecule has 1 saturated heterocycles. The molecule has 0 bridgehead atoms. The Hall–Kier alpha value is -2.05. The first-order chi connectivity index (χ1) is 12.5. The van der Waals surface area contributed by atoms with Crippen molar-refractivity contribution in [1.29, 1.82) is 0 Å². The summed E-state index contributed by atoms with van der Waals surface area (Å²) in [6.07, 6.45) is 1.64. The first-order valence-electron chi connectivity index (χ1n) is 9.11. The van der Waals surface area contributed by atoms with Crippen LogP contribution in [0.3, 0.4) is 0 Å². The topological polar surface area (TPSA) is 57.8 Å². The van der Waals surface area contributed by atoms with E-state index in [1.807, 2.05) is 32.3 Å². The fourth-order valence-electron chi connectivity index (χ4n) is 3.77. The number of piperidine rings is 1. The standard InChI is InChI=1S/C20H29N3O3/c1-22(2)20(24)11-15-12-23(8-7-19(15)26-4)13-16-9-14-10-17(25-3)5-6-18(14)21-16/h5-6,9-10,15,19,21H,7-8,11-13H2,1-4H3/t15-,19-/m1/s1. The van der Waals surface area contributed by atoms with Gasteiger partial charge in [0.1, 0.15) is 5.75 Å². The first-order valence-corrected chi connectivity index (χ1v) is 9.11. The van der Waals surface area contributed by atoms with Crippen molar-refractivity contribution in [3.05, 3.63) is 30.0 Å². The number of ether oxygens (including phenoxy) is 2. The highest BCUT2D eigenvalue weighted by atomic mass is 16.5. The fraction of sp³-hybridized carbons (Fsp3) is 0.550. The van der Waals surface area contributed by atoms with Crippen LogP contribution < -0.4 is 4.74 Å². The molecule has 1 amide bonds. The zero-order chi connectivity index (χ0) is 18.7. The number of rotatable bonds is 6. The minimum absolute atomic E-state index is 0.155. The highest BCUT2D eigenvalue weighted by Gasteiger charge is 2.31. The average molecular weight is 359 g/mol. The van der Waals surface area contributed by atoms with Gasteiger partial charge in [0.2, 0.25) is 5.91 Å². The van der Waals surface area contributed by atoms with Crippen molar-refractivity contribution in [1.82, 2.24) is 14.8 Å². The number of nitrogens with zero attached hydrogens (tertiary/aromatic N) is 2. The number of H-pyrrole nitrogens is 1. The van der Waals surface area contributed by atoms with E-state index in [0.717, 1.165) is 42.7 Å². The van der Waals surface area contributed by atoms with E-state index in [0.29, 0.717) is 6.42 Å². The molecular formula is C20H29N3O3. The number of carbonyl (C=O) groups is 1. The summed E-state index contributed by atoms with van der Waals surface area (Å²) < 4.78 is 10.9. The van der Waals surface area contributed by atoms with Gasteiger partial charge in [-0.1, -0.05) is 0 Å². The van der Waals surface area contributed by atoms with Crippen molar-refractivity contribution < 1.29 is 14.3 Å². The third-order valence-corrected chi connectivity index (χ3v) is 5.26. The fourth-order valence-corrected chi connectivity index (χ4v) is 3.77. The van der Waals surface area contributed by atoms with Gasteiger partial charge in [0.05, 0.1) is 13.2 Å². The van der Waals surface area contributed by atoms with Gasteiger partial charge in [-0.25, -0.2) is 0 Å². The maximum absolute atomic E-state index is 12.1. The molecule has 3 rings (SSSR count). The molecule has 0 unspecified atom stereocenters. The molecule has 142 valence electrons. The largest absolute Gasteiger partial charge is 0.497 e. The third-order valence-electron chi connectivity index (χ3n) is 5.26. The summed E-state index contributed by atoms with van der Waals surface area (Å²) in [5, 5.41) is 1.16. The predicted molar refractivity (Wildman–Crippen MR) is 102 cm³/mol. The first kappa shape index (κ1) is 18.7. The lowest BCUT2D eigenvalue weighted by Crippen LogP contribution is -2.45. The smallest absolute Gasteiger partial charge is 0.222 e. The number of methoxy groups -OCH3 is 2. The number of carbonyl (C=O) groups excluding carboxylic acids is 1. The van der Waals surface area contributed by atoms with Crippen molar-refractivity contribution in [2.45, 2.75) is 25.5 Å². The van der Waals surface area contributed by atoms with Crippen molar-refractivity contribution in [2.24, 2.45) is 5.92 Å². The molecule has 6 nitrogen and oxygen atoms in total. The molecule has 1 aliphatic heterocycles. The van der Waals surface area contributed by atoms with Crippen LogP contribution in [0.25, 0.3) is 10.9 Å². The Morgan fingerprint density at radius 2 is 2.12 bits per heavy atom. The van der Waals surface area contributed by atoms with Gasteiger partial charge >= 0.3 is 0 Å². The van der Waals surface area contributed by atoms with Gasteiger partial charge < -0.3 is 19.4 Å². The minimum Gasteiger partial charge on any atom is -0.497 e. The third kappa shape index (κ3) is 4.19. The molecule has 1 aromatic carbocycles. The maximum Gasteiger partial charge on any atom is 0.222 e. The monoisotopic (exact) mass is 359 g/mol. The van der Waals surface area contributed by atoms with E-state index in [-0.39, 0.29) is 17.9 Å². The van der Waals surface area contributed by atoms with E-state index in [4.69, 9.17) is 9.47 Å². The van der Waals surface area contributed by atoms with Crippen LogP contribution in [0.4, 0.5) is 0 Å². The molecule has 0 spiro atoms. The molecule has 1 aromatic heterocycles. The number of nitrogens with one attached hydrogen (secondary N) is 1. The number of hydrogen-bond donors (Lipinski definition) is 1. The Morgan fingerprint density at radius 1 is 1.31 bits per heavy atom. The summed E-state index contributed by atoms with van der Waals surface area (Å²) >= 11 is 0. The Balaban J connectivity index is 1.68. The Labute approximate surface area is 155 Å². The zero-order valence-corrected chi connectivity index (χ0v) is 16.1. The molecule has 1 fully saturated rings. The summed E-state index contributed by atoms with van der Waals surface area (Å²) in [4.78, 5) is 19.7. The van der Waals surface area contributed by atoms with Crippen LogP contribution >= 0.6 is 0 Å². The Morgan fingerprint density at radius 3 is 2.81 bits per heavy atom. The molecular weight excluding hydrogens is 330 g/mol. The second-order valence-corrected chi connectivity index (χ2v) is 7.30. The molecule has 2 aromatic rings. The Kier molecular flexibility index (Phi) is 5.84. The SMILES string of the molecule is COc1ccc2[nH]c(CN3CC[C@@H](OC)[C@H](CC(=O)N(C)C)C3)cc2c1. The lowest BCUT2D eigenvalue weighted by atomic mass is 9.91. The lowest BCUT2D eigenvalue weighted by molar-refractivity contribution is -0.132. The van der Waals surface area contributed by atoms with Gasteiger partial charge in [0.15, 0.2) is 0 Å². The summed E-state index contributed by atoms with van der Waals surface area (Å²) in [7, 11) is 7.05. The van der Waals surface area contributed by atoms with Crippen LogP contribution in [0, 0.1) is 5.92 Å². The normalized spacial score (nSPS) is 21.1. The predicted octanol–water partition coefficient (Wildman–Crippen LogP) is 2.49. The molecule has 6 heteroatoms. The van der Waals surface area contributed by atoms with E-state index in [1.54, 1.807) is 19.1 Å². The van der Waals surface area contributed by atoms with Crippen molar-refractivity contribution in [2.75, 3.05) is 41.4 Å². The molecule has 0 aliphatic carbocycles. The van der Waals surface area contributed by atoms with Crippen LogP contribution in [0.5, 0.6) is 5.75 Å². The summed E-state index contributed by atoms with van der Waals surface area (Å²) in [6, 6.07) is 8.24. The number of amides is 1. The molecule has 0 saturated carbocycles. The minimum atomic E-state index is 0.155. The number of fused-ring (bicyclic) bond motifs is 1. The van der Waals surface area contributed by atoms with Crippen molar-refractivity contribution in [3.63, 3.8) is 0 Å². The molecule has 2 heterocycles. The molecule has 2 atom stereocenters. The molecule has 1 aliphatic rings. The van der Waals surface area contributed by atoms with Gasteiger partial charge in [-0.05, 0) is 30.7 Å². The van der Waals surface area contributed by atoms with Gasteiger partial charge in [-0.15, -0.1) is 0 Å². The second kappa shape index (κ2) is 8.10. The quantitative estimate of drug-likeness (QED) is 0.861. The lowest BCUT2D eigenvalue weighted by Gasteiger charge is -2.37. The highest BCUT2D eigenvalue weighted by Crippen LogP contribution is 2.26. The number of likely N-dealkylation sites (tertiary alicyclic amines) is 1. The van der Waals surface area contributed by atoms with E-state index in [1.165, 1.54) is 5.69 Å². The number of aromatic nitrogens is 1. The van der Waals surface area contributed by atoms with E-state index in [9.17, 15) is 4.79 Å². The zero-order valence-electron chi connectivity index (χ0n) is 16.1. The van der Waals surface area contributed by atoms with Crippen LogP contribution in [0.15, 0.2) is 24.3 Å².